The summed E-state index contributed by atoms with van der Waals surface area (Å²) in [6.07, 6.45) is 0.827. The fraction of sp³-hybridized carbons (Fsp3) is 0.538. The van der Waals surface area contributed by atoms with Gasteiger partial charge in [0.2, 0.25) is 0 Å². The smallest absolute Gasteiger partial charge is 0.0446 e. The number of benzene rings is 1. The Morgan fingerprint density at radius 1 is 1.31 bits per heavy atom. The van der Waals surface area contributed by atoms with Crippen molar-refractivity contribution in [3.63, 3.8) is 0 Å². The number of piperazine rings is 1. The van der Waals surface area contributed by atoms with E-state index in [2.05, 4.69) is 41.4 Å². The van der Waals surface area contributed by atoms with Crippen molar-refractivity contribution < 1.29 is 5.11 Å². The van der Waals surface area contributed by atoms with Gasteiger partial charge in [0.05, 0.1) is 0 Å². The summed E-state index contributed by atoms with van der Waals surface area (Å²) >= 11 is 0. The number of nitrogens with zero attached hydrogens (tertiary/aromatic N) is 1. The molecule has 1 aliphatic rings. The Balaban J connectivity index is 2.04. The molecule has 1 heterocycles. The summed E-state index contributed by atoms with van der Waals surface area (Å²) in [6, 6.07) is 11.4. The molecule has 88 valence electrons. The van der Waals surface area contributed by atoms with E-state index < -0.39 is 0 Å². The number of aliphatic hydroxyl groups excluding tert-OH is 1. The molecule has 2 rings (SSSR count). The van der Waals surface area contributed by atoms with Gasteiger partial charge in [-0.2, -0.15) is 0 Å². The third kappa shape index (κ3) is 2.74. The van der Waals surface area contributed by atoms with Gasteiger partial charge in [0, 0.05) is 37.5 Å². The molecular formula is C13H20N2O. The Morgan fingerprint density at radius 3 is 2.75 bits per heavy atom. The Labute approximate surface area is 97.1 Å². The topological polar surface area (TPSA) is 35.5 Å². The zero-order chi connectivity index (χ0) is 11.4. The molecule has 1 fully saturated rings. The Kier molecular flexibility index (Phi) is 3.80. The molecule has 2 unspecified atom stereocenters. The minimum absolute atomic E-state index is 0.257. The summed E-state index contributed by atoms with van der Waals surface area (Å²) in [5, 5.41) is 12.5. The van der Waals surface area contributed by atoms with Gasteiger partial charge in [-0.1, -0.05) is 18.2 Å². The number of hydrogen-bond donors (Lipinski definition) is 2. The first-order chi connectivity index (χ1) is 7.79. The Hall–Kier alpha value is -1.06. The SMILES string of the molecule is CC1CN(c2ccccc2)CC(CCO)N1. The molecule has 3 nitrogen and oxygen atoms in total. The monoisotopic (exact) mass is 220 g/mol. The van der Waals surface area contributed by atoms with Crippen molar-refractivity contribution in [2.75, 3.05) is 24.6 Å². The van der Waals surface area contributed by atoms with E-state index >= 15 is 0 Å². The van der Waals surface area contributed by atoms with Crippen LogP contribution in [0.1, 0.15) is 13.3 Å². The third-order valence-electron chi connectivity index (χ3n) is 3.05. The molecule has 3 heteroatoms. The molecule has 0 amide bonds. The van der Waals surface area contributed by atoms with Crippen molar-refractivity contribution >= 4 is 5.69 Å². The molecule has 0 saturated carbocycles. The Morgan fingerprint density at radius 2 is 2.06 bits per heavy atom. The molecule has 2 atom stereocenters. The minimum Gasteiger partial charge on any atom is -0.396 e. The van der Waals surface area contributed by atoms with Crippen molar-refractivity contribution in [2.45, 2.75) is 25.4 Å². The standard InChI is InChI=1S/C13H20N2O/c1-11-9-15(10-12(14-11)7-8-16)13-5-3-2-4-6-13/h2-6,11-12,14,16H,7-10H2,1H3. The van der Waals surface area contributed by atoms with Gasteiger partial charge in [0.15, 0.2) is 0 Å². The van der Waals surface area contributed by atoms with Crippen LogP contribution in [0, 0.1) is 0 Å². The van der Waals surface area contributed by atoms with E-state index in [9.17, 15) is 0 Å². The highest BCUT2D eigenvalue weighted by Crippen LogP contribution is 2.17. The molecule has 1 saturated heterocycles. The normalized spacial score (nSPS) is 25.8. The highest BCUT2D eigenvalue weighted by molar-refractivity contribution is 5.46. The van der Waals surface area contributed by atoms with Gasteiger partial charge in [0.1, 0.15) is 0 Å². The minimum atomic E-state index is 0.257. The van der Waals surface area contributed by atoms with Gasteiger partial charge < -0.3 is 15.3 Å². The maximum absolute atomic E-state index is 9.00. The first-order valence-electron chi connectivity index (χ1n) is 5.96. The number of anilines is 1. The second kappa shape index (κ2) is 5.32. The van der Waals surface area contributed by atoms with Crippen molar-refractivity contribution in [1.82, 2.24) is 5.32 Å². The number of nitrogens with one attached hydrogen (secondary N) is 1. The molecule has 0 aliphatic carbocycles. The molecule has 1 aliphatic heterocycles. The van der Waals surface area contributed by atoms with Crippen LogP contribution < -0.4 is 10.2 Å². The van der Waals surface area contributed by atoms with Crippen LogP contribution in [-0.2, 0) is 0 Å². The van der Waals surface area contributed by atoms with Crippen LogP contribution >= 0.6 is 0 Å². The lowest BCUT2D eigenvalue weighted by molar-refractivity contribution is 0.250. The van der Waals surface area contributed by atoms with Gasteiger partial charge in [0.25, 0.3) is 0 Å². The first-order valence-corrected chi connectivity index (χ1v) is 5.96. The van der Waals surface area contributed by atoms with Crippen molar-refractivity contribution in [1.29, 1.82) is 0 Å². The lowest BCUT2D eigenvalue weighted by Crippen LogP contribution is -2.55. The average Bonchev–Trinajstić information content (AvgIpc) is 2.30. The van der Waals surface area contributed by atoms with Crippen molar-refractivity contribution in [2.24, 2.45) is 0 Å². The zero-order valence-corrected chi connectivity index (χ0v) is 9.76. The van der Waals surface area contributed by atoms with Gasteiger partial charge in [-0.25, -0.2) is 0 Å². The van der Waals surface area contributed by atoms with Crippen LogP contribution in [0.2, 0.25) is 0 Å². The Bertz CT molecular complexity index is 315. The van der Waals surface area contributed by atoms with Crippen LogP contribution in [0.5, 0.6) is 0 Å². The predicted molar refractivity (Wildman–Crippen MR) is 66.7 cm³/mol. The second-order valence-electron chi connectivity index (χ2n) is 4.52. The largest absolute Gasteiger partial charge is 0.396 e. The van der Waals surface area contributed by atoms with Crippen LogP contribution in [-0.4, -0.2) is 36.9 Å². The van der Waals surface area contributed by atoms with E-state index in [-0.39, 0.29) is 6.61 Å². The number of para-hydroxylation sites is 1. The maximum Gasteiger partial charge on any atom is 0.0446 e. The molecule has 1 aromatic rings. The van der Waals surface area contributed by atoms with Crippen LogP contribution in [0.3, 0.4) is 0 Å². The second-order valence-corrected chi connectivity index (χ2v) is 4.52. The molecule has 2 N–H and O–H groups in total. The summed E-state index contributed by atoms with van der Waals surface area (Å²) in [5.74, 6) is 0. The lowest BCUT2D eigenvalue weighted by atomic mass is 10.1. The van der Waals surface area contributed by atoms with Gasteiger partial charge in [-0.05, 0) is 25.5 Å². The van der Waals surface area contributed by atoms with Crippen LogP contribution in [0.4, 0.5) is 5.69 Å². The molecule has 0 radical (unpaired) electrons. The number of rotatable bonds is 3. The van der Waals surface area contributed by atoms with Gasteiger partial charge in [-0.3, -0.25) is 0 Å². The summed E-state index contributed by atoms with van der Waals surface area (Å²) < 4.78 is 0. The lowest BCUT2D eigenvalue weighted by Gasteiger charge is -2.39. The van der Waals surface area contributed by atoms with Crippen molar-refractivity contribution in [3.8, 4) is 0 Å². The van der Waals surface area contributed by atoms with Gasteiger partial charge >= 0.3 is 0 Å². The van der Waals surface area contributed by atoms with E-state index in [0.29, 0.717) is 12.1 Å². The predicted octanol–water partition coefficient (Wildman–Crippen LogP) is 1.24. The van der Waals surface area contributed by atoms with E-state index in [4.69, 9.17) is 5.11 Å². The fourth-order valence-corrected chi connectivity index (χ4v) is 2.36. The maximum atomic E-state index is 9.00. The quantitative estimate of drug-likeness (QED) is 0.804. The summed E-state index contributed by atoms with van der Waals surface area (Å²) in [5.41, 5.74) is 1.28. The number of hydrogen-bond acceptors (Lipinski definition) is 3. The van der Waals surface area contributed by atoms with Crippen molar-refractivity contribution in [3.05, 3.63) is 30.3 Å². The molecule has 0 spiro atoms. The summed E-state index contributed by atoms with van der Waals surface area (Å²) in [7, 11) is 0. The molecule has 0 aromatic heterocycles. The van der Waals surface area contributed by atoms with Crippen LogP contribution in [0.25, 0.3) is 0 Å². The molecular weight excluding hydrogens is 200 g/mol. The van der Waals surface area contributed by atoms with E-state index in [1.54, 1.807) is 0 Å². The molecule has 1 aromatic carbocycles. The highest BCUT2D eigenvalue weighted by Gasteiger charge is 2.23. The van der Waals surface area contributed by atoms with E-state index in [1.165, 1.54) is 5.69 Å². The molecule has 0 bridgehead atoms. The van der Waals surface area contributed by atoms with Crippen LogP contribution in [0.15, 0.2) is 30.3 Å². The third-order valence-corrected chi connectivity index (χ3v) is 3.05. The summed E-state index contributed by atoms with van der Waals surface area (Å²) in [6.45, 7) is 4.47. The average molecular weight is 220 g/mol. The van der Waals surface area contributed by atoms with E-state index in [0.717, 1.165) is 19.5 Å². The van der Waals surface area contributed by atoms with E-state index in [1.807, 2.05) is 6.07 Å². The summed E-state index contributed by atoms with van der Waals surface area (Å²) in [4.78, 5) is 2.39. The number of aliphatic hydroxyl groups is 1. The fourth-order valence-electron chi connectivity index (χ4n) is 2.36. The molecule has 16 heavy (non-hydrogen) atoms. The van der Waals surface area contributed by atoms with Gasteiger partial charge in [-0.15, -0.1) is 0 Å². The highest BCUT2D eigenvalue weighted by atomic mass is 16.3. The first kappa shape index (κ1) is 11.4. The zero-order valence-electron chi connectivity index (χ0n) is 9.76.